The van der Waals surface area contributed by atoms with Crippen LogP contribution in [0.15, 0.2) is 12.4 Å². The van der Waals surface area contributed by atoms with Gasteiger partial charge in [0.2, 0.25) is 0 Å². The molecule has 10 atom stereocenters. The summed E-state index contributed by atoms with van der Waals surface area (Å²) < 4.78 is 1.68. The first-order valence-electron chi connectivity index (χ1n) is 12.4. The summed E-state index contributed by atoms with van der Waals surface area (Å²) in [6.45, 7) is 5.26. The summed E-state index contributed by atoms with van der Waals surface area (Å²) in [5.74, 6) is 8.08. The maximum absolute atomic E-state index is 13.3. The molecule has 4 heteroatoms. The van der Waals surface area contributed by atoms with Crippen LogP contribution in [0.2, 0.25) is 0 Å². The molecule has 0 radical (unpaired) electrons. The summed E-state index contributed by atoms with van der Waals surface area (Å²) in [4.78, 5) is 13.3. The number of aromatic nitrogens is 2. The van der Waals surface area contributed by atoms with Crippen molar-refractivity contribution in [3.63, 3.8) is 0 Å². The average Bonchev–Trinajstić information content (AvgIpc) is 3.27. The van der Waals surface area contributed by atoms with Gasteiger partial charge >= 0.3 is 0 Å². The standard InChI is InChI=1S/C26H35N3O/c1-15-3-4-17-18-7-8-26(2)22(24(30)14-29-13-16(11-27)12-28-29)5-6-23(26)25(18)21-10-20(21)19(17)9-15/h12-13,15,17-23,25H,3-10,14H2,1-2H3/t15-,17+,18+,19+,20?,21?,22+,23-,25-,26+/m0/s1. The summed E-state index contributed by atoms with van der Waals surface area (Å²) in [5.41, 5.74) is 0.725. The van der Waals surface area contributed by atoms with E-state index in [-0.39, 0.29) is 11.3 Å². The van der Waals surface area contributed by atoms with Gasteiger partial charge in [0, 0.05) is 12.1 Å². The van der Waals surface area contributed by atoms with Crippen molar-refractivity contribution >= 4 is 5.78 Å². The Hall–Kier alpha value is -1.63. The summed E-state index contributed by atoms with van der Waals surface area (Å²) in [6.07, 6.45) is 14.1. The third-order valence-corrected chi connectivity index (χ3v) is 10.6. The van der Waals surface area contributed by atoms with Gasteiger partial charge in [-0.3, -0.25) is 9.48 Å². The Labute approximate surface area is 180 Å². The second kappa shape index (κ2) is 6.68. The van der Waals surface area contributed by atoms with Gasteiger partial charge < -0.3 is 0 Å². The maximum atomic E-state index is 13.3. The van der Waals surface area contributed by atoms with Crippen LogP contribution >= 0.6 is 0 Å². The molecule has 0 aliphatic heterocycles. The van der Waals surface area contributed by atoms with Gasteiger partial charge in [-0.2, -0.15) is 10.4 Å². The quantitative estimate of drug-likeness (QED) is 0.704. The summed E-state index contributed by atoms with van der Waals surface area (Å²) >= 11 is 0. The fourth-order valence-corrected chi connectivity index (χ4v) is 9.29. The molecule has 0 amide bonds. The third-order valence-electron chi connectivity index (χ3n) is 10.6. The second-order valence-corrected chi connectivity index (χ2v) is 11.8. The van der Waals surface area contributed by atoms with Crippen molar-refractivity contribution in [1.29, 1.82) is 5.26 Å². The van der Waals surface area contributed by atoms with E-state index < -0.39 is 0 Å². The number of Topliss-reactive ketones (excluding diaryl/α,β-unsaturated/α-hetero) is 1. The Bertz CT molecular complexity index is 898. The SMILES string of the molecule is C[C@H]1CC[C@@H]2[C@H]3CC[C@]4(C)[C@@H](C(=O)Cn5cc(C#N)cn5)CC[C@H]4[C@@H]3C3CC3[C@@H]2C1. The number of hydrogen-bond acceptors (Lipinski definition) is 3. The van der Waals surface area contributed by atoms with E-state index in [1.54, 1.807) is 17.1 Å². The van der Waals surface area contributed by atoms with Crippen molar-refractivity contribution in [2.75, 3.05) is 0 Å². The van der Waals surface area contributed by atoms with Crippen LogP contribution in [0.4, 0.5) is 0 Å². The molecule has 5 aliphatic rings. The lowest BCUT2D eigenvalue weighted by Crippen LogP contribution is -2.50. The molecule has 0 spiro atoms. The largest absolute Gasteiger partial charge is 0.297 e. The Morgan fingerprint density at radius 1 is 1.13 bits per heavy atom. The fourth-order valence-electron chi connectivity index (χ4n) is 9.29. The zero-order valence-corrected chi connectivity index (χ0v) is 18.5. The van der Waals surface area contributed by atoms with Crippen molar-refractivity contribution in [3.8, 4) is 6.07 Å². The van der Waals surface area contributed by atoms with Crippen molar-refractivity contribution < 1.29 is 4.79 Å². The number of nitriles is 1. The monoisotopic (exact) mass is 405 g/mol. The lowest BCUT2D eigenvalue weighted by molar-refractivity contribution is -0.131. The smallest absolute Gasteiger partial charge is 0.157 e. The van der Waals surface area contributed by atoms with Crippen LogP contribution in [-0.4, -0.2) is 15.6 Å². The minimum atomic E-state index is 0.180. The van der Waals surface area contributed by atoms with E-state index in [0.717, 1.165) is 53.8 Å². The van der Waals surface area contributed by atoms with Gasteiger partial charge in [0.1, 0.15) is 6.07 Å². The molecule has 1 aromatic heterocycles. The van der Waals surface area contributed by atoms with E-state index >= 15 is 0 Å². The minimum Gasteiger partial charge on any atom is -0.297 e. The Balaban J connectivity index is 1.22. The lowest BCUT2D eigenvalue weighted by Gasteiger charge is -2.56. The van der Waals surface area contributed by atoms with Gasteiger partial charge in [0.15, 0.2) is 5.78 Å². The molecule has 5 fully saturated rings. The summed E-state index contributed by atoms with van der Waals surface area (Å²) in [5, 5.41) is 13.3. The zero-order valence-electron chi connectivity index (χ0n) is 18.5. The van der Waals surface area contributed by atoms with Crippen LogP contribution in [0.1, 0.15) is 70.8 Å². The highest BCUT2D eigenvalue weighted by Gasteiger charge is 2.66. The van der Waals surface area contributed by atoms with Crippen molar-refractivity contribution in [1.82, 2.24) is 9.78 Å². The van der Waals surface area contributed by atoms with Gasteiger partial charge in [-0.1, -0.05) is 20.3 Å². The fraction of sp³-hybridized carbons (Fsp3) is 0.808. The topological polar surface area (TPSA) is 58.7 Å². The summed E-state index contributed by atoms with van der Waals surface area (Å²) in [6, 6.07) is 2.11. The second-order valence-electron chi connectivity index (χ2n) is 11.8. The van der Waals surface area contributed by atoms with Crippen LogP contribution in [0.5, 0.6) is 0 Å². The predicted molar refractivity (Wildman–Crippen MR) is 114 cm³/mol. The molecule has 1 aromatic rings. The van der Waals surface area contributed by atoms with Crippen molar-refractivity contribution in [2.45, 2.75) is 71.8 Å². The van der Waals surface area contributed by atoms with Crippen LogP contribution in [0.25, 0.3) is 0 Å². The first kappa shape index (κ1) is 19.1. The molecule has 4 nitrogen and oxygen atoms in total. The van der Waals surface area contributed by atoms with Crippen LogP contribution in [0.3, 0.4) is 0 Å². The molecule has 0 bridgehead atoms. The normalized spacial score (nSPS) is 48.6. The Kier molecular flexibility index (Phi) is 4.25. The molecule has 5 saturated carbocycles. The van der Waals surface area contributed by atoms with Crippen LogP contribution in [-0.2, 0) is 11.3 Å². The number of carbonyl (C=O) groups is 1. The number of carbonyl (C=O) groups excluding carboxylic acids is 1. The number of rotatable bonds is 3. The first-order chi connectivity index (χ1) is 14.5. The van der Waals surface area contributed by atoms with Gasteiger partial charge in [0.05, 0.1) is 18.3 Å². The van der Waals surface area contributed by atoms with Gasteiger partial charge in [0.25, 0.3) is 0 Å². The maximum Gasteiger partial charge on any atom is 0.157 e. The van der Waals surface area contributed by atoms with Gasteiger partial charge in [-0.15, -0.1) is 0 Å². The van der Waals surface area contributed by atoms with E-state index in [1.807, 2.05) is 0 Å². The molecule has 0 saturated heterocycles. The molecule has 0 aromatic carbocycles. The van der Waals surface area contributed by atoms with Crippen molar-refractivity contribution in [3.05, 3.63) is 18.0 Å². The van der Waals surface area contributed by atoms with Crippen molar-refractivity contribution in [2.24, 2.45) is 58.7 Å². The zero-order chi connectivity index (χ0) is 20.6. The number of hydrogen-bond donors (Lipinski definition) is 0. The van der Waals surface area contributed by atoms with Crippen LogP contribution < -0.4 is 0 Å². The minimum absolute atomic E-state index is 0.180. The Morgan fingerprint density at radius 3 is 2.77 bits per heavy atom. The molecule has 160 valence electrons. The summed E-state index contributed by atoms with van der Waals surface area (Å²) in [7, 11) is 0. The molecule has 2 unspecified atom stereocenters. The molecular formula is C26H35N3O. The van der Waals surface area contributed by atoms with E-state index in [1.165, 1.54) is 44.9 Å². The predicted octanol–water partition coefficient (Wildman–Crippen LogP) is 5.08. The van der Waals surface area contributed by atoms with E-state index in [9.17, 15) is 4.79 Å². The highest BCUT2D eigenvalue weighted by Crippen LogP contribution is 2.72. The van der Waals surface area contributed by atoms with E-state index in [0.29, 0.717) is 17.9 Å². The third kappa shape index (κ3) is 2.69. The number of fused-ring (bicyclic) bond motifs is 8. The first-order valence-corrected chi connectivity index (χ1v) is 12.4. The highest BCUT2D eigenvalue weighted by molar-refractivity contribution is 5.82. The van der Waals surface area contributed by atoms with E-state index in [4.69, 9.17) is 5.26 Å². The van der Waals surface area contributed by atoms with Gasteiger partial charge in [-0.05, 0) is 97.7 Å². The van der Waals surface area contributed by atoms with Gasteiger partial charge in [-0.25, -0.2) is 0 Å². The van der Waals surface area contributed by atoms with E-state index in [2.05, 4.69) is 25.0 Å². The molecular weight excluding hydrogens is 370 g/mol. The molecule has 0 N–H and O–H groups in total. The molecule has 1 heterocycles. The highest BCUT2D eigenvalue weighted by atomic mass is 16.1. The average molecular weight is 406 g/mol. The molecule has 5 aliphatic carbocycles. The number of nitrogens with zero attached hydrogens (tertiary/aromatic N) is 3. The Morgan fingerprint density at radius 2 is 1.97 bits per heavy atom. The molecule has 6 rings (SSSR count). The lowest BCUT2D eigenvalue weighted by atomic mass is 9.49. The van der Waals surface area contributed by atoms with Crippen LogP contribution in [0, 0.1) is 70.0 Å². The molecule has 30 heavy (non-hydrogen) atoms. The number of ketones is 1.